The van der Waals surface area contributed by atoms with Crippen LogP contribution in [0, 0.1) is 0 Å². The van der Waals surface area contributed by atoms with Crippen molar-refractivity contribution in [1.82, 2.24) is 15.0 Å². The van der Waals surface area contributed by atoms with Gasteiger partial charge in [0.25, 0.3) is 0 Å². The number of carbonyl (C=O) groups is 1. The lowest BCUT2D eigenvalue weighted by Crippen LogP contribution is -2.47. The molecule has 0 amide bonds. The maximum Gasteiger partial charge on any atom is 0.346 e. The van der Waals surface area contributed by atoms with Crippen LogP contribution in [0.25, 0.3) is 0 Å². The van der Waals surface area contributed by atoms with E-state index < -0.39 is 11.6 Å². The van der Waals surface area contributed by atoms with E-state index in [1.54, 1.807) is 0 Å². The van der Waals surface area contributed by atoms with Crippen LogP contribution < -0.4 is 5.73 Å². The molecule has 0 saturated heterocycles. The van der Waals surface area contributed by atoms with Crippen LogP contribution in [0.1, 0.15) is 6.92 Å². The number of hydrogen-bond donors (Lipinski definition) is 2. The Morgan fingerprint density at radius 1 is 1.82 bits per heavy atom. The molecule has 0 saturated carbocycles. The molecule has 1 rings (SSSR count). The third-order valence-corrected chi connectivity index (χ3v) is 1.33. The van der Waals surface area contributed by atoms with Gasteiger partial charge in [-0.3, -0.25) is 5.73 Å². The van der Waals surface area contributed by atoms with Crippen LogP contribution >= 0.6 is 0 Å². The Balaban J connectivity index is 3.00. The zero-order valence-corrected chi connectivity index (χ0v) is 5.93. The number of carboxylic acids is 1. The predicted molar refractivity (Wildman–Crippen MR) is 35.5 cm³/mol. The third kappa shape index (κ3) is 1.20. The lowest BCUT2D eigenvalue weighted by molar-refractivity contribution is -0.147. The maximum atomic E-state index is 10.5. The van der Waals surface area contributed by atoms with E-state index in [2.05, 4.69) is 10.3 Å². The Bertz CT molecular complexity index is 253. The molecule has 0 aromatic carbocycles. The van der Waals surface area contributed by atoms with E-state index in [4.69, 9.17) is 10.8 Å². The molecule has 6 nitrogen and oxygen atoms in total. The van der Waals surface area contributed by atoms with E-state index in [1.807, 2.05) is 0 Å². The first-order valence-corrected chi connectivity index (χ1v) is 2.94. The summed E-state index contributed by atoms with van der Waals surface area (Å²) in [5.74, 6) is -1.15. The summed E-state index contributed by atoms with van der Waals surface area (Å²) < 4.78 is 1.08. The van der Waals surface area contributed by atoms with Gasteiger partial charge in [-0.1, -0.05) is 5.21 Å². The van der Waals surface area contributed by atoms with Crippen molar-refractivity contribution in [3.05, 3.63) is 12.4 Å². The molecule has 1 atom stereocenters. The minimum atomic E-state index is -1.52. The molecular weight excluding hydrogens is 148 g/mol. The number of nitrogens with two attached hydrogens (primary N) is 1. The van der Waals surface area contributed by atoms with Crippen molar-refractivity contribution in [2.45, 2.75) is 12.6 Å². The van der Waals surface area contributed by atoms with Gasteiger partial charge in [-0.25, -0.2) is 9.48 Å². The van der Waals surface area contributed by atoms with Crippen LogP contribution in [-0.4, -0.2) is 26.1 Å². The Morgan fingerprint density at radius 2 is 2.45 bits per heavy atom. The highest BCUT2D eigenvalue weighted by Crippen LogP contribution is 2.04. The zero-order chi connectivity index (χ0) is 8.48. The summed E-state index contributed by atoms with van der Waals surface area (Å²) in [7, 11) is 0. The fraction of sp³-hybridized carbons (Fsp3) is 0.400. The molecule has 0 bridgehead atoms. The molecule has 11 heavy (non-hydrogen) atoms. The quantitative estimate of drug-likeness (QED) is 0.572. The Kier molecular flexibility index (Phi) is 1.61. The fourth-order valence-electron chi connectivity index (χ4n) is 0.554. The molecule has 6 heteroatoms. The van der Waals surface area contributed by atoms with Gasteiger partial charge in [0.2, 0.25) is 5.66 Å². The van der Waals surface area contributed by atoms with Gasteiger partial charge in [-0.05, 0) is 6.92 Å². The summed E-state index contributed by atoms with van der Waals surface area (Å²) in [6.07, 6.45) is 2.77. The SMILES string of the molecule is C[C@](N)(C(=O)O)n1ccnn1. The van der Waals surface area contributed by atoms with Crippen molar-refractivity contribution in [3.63, 3.8) is 0 Å². The summed E-state index contributed by atoms with van der Waals surface area (Å²) >= 11 is 0. The molecule has 3 N–H and O–H groups in total. The highest BCUT2D eigenvalue weighted by Gasteiger charge is 2.30. The van der Waals surface area contributed by atoms with Gasteiger partial charge in [0.1, 0.15) is 0 Å². The van der Waals surface area contributed by atoms with Crippen molar-refractivity contribution < 1.29 is 9.90 Å². The molecule has 0 radical (unpaired) electrons. The molecule has 1 aromatic heterocycles. The van der Waals surface area contributed by atoms with Crippen molar-refractivity contribution in [1.29, 1.82) is 0 Å². The second-order valence-corrected chi connectivity index (χ2v) is 2.30. The zero-order valence-electron chi connectivity index (χ0n) is 5.93. The van der Waals surface area contributed by atoms with E-state index in [0.29, 0.717) is 0 Å². The van der Waals surface area contributed by atoms with Crippen molar-refractivity contribution >= 4 is 5.97 Å². The summed E-state index contributed by atoms with van der Waals surface area (Å²) in [5, 5.41) is 15.5. The third-order valence-electron chi connectivity index (χ3n) is 1.33. The Morgan fingerprint density at radius 3 is 2.82 bits per heavy atom. The van der Waals surface area contributed by atoms with E-state index in [-0.39, 0.29) is 0 Å². The Hall–Kier alpha value is -1.43. The van der Waals surface area contributed by atoms with Gasteiger partial charge >= 0.3 is 5.97 Å². The fourth-order valence-corrected chi connectivity index (χ4v) is 0.554. The molecule has 1 aromatic rings. The minimum Gasteiger partial charge on any atom is -0.478 e. The largest absolute Gasteiger partial charge is 0.478 e. The number of rotatable bonds is 2. The minimum absolute atomic E-state index is 1.08. The first-order chi connectivity index (χ1) is 5.05. The molecule has 0 aliphatic carbocycles. The first kappa shape index (κ1) is 7.67. The van der Waals surface area contributed by atoms with E-state index in [0.717, 1.165) is 4.68 Å². The lowest BCUT2D eigenvalue weighted by atomic mass is 10.2. The standard InChI is InChI=1S/C5H8N4O2/c1-5(6,4(10)11)9-3-2-7-8-9/h2-3H,6H2,1H3,(H,10,11)/t5-/m1/s1. The van der Waals surface area contributed by atoms with Gasteiger partial charge in [-0.2, -0.15) is 0 Å². The van der Waals surface area contributed by atoms with Gasteiger partial charge in [0.15, 0.2) is 0 Å². The summed E-state index contributed by atoms with van der Waals surface area (Å²) in [6, 6.07) is 0. The number of aromatic nitrogens is 3. The van der Waals surface area contributed by atoms with Gasteiger partial charge in [0, 0.05) is 6.20 Å². The normalized spacial score (nSPS) is 15.8. The Labute approximate surface area is 62.6 Å². The lowest BCUT2D eigenvalue weighted by Gasteiger charge is -2.17. The molecule has 0 aliphatic heterocycles. The van der Waals surface area contributed by atoms with Crippen LogP contribution in [0.4, 0.5) is 0 Å². The predicted octanol–water partition coefficient (Wildman–Crippen LogP) is -1.01. The molecule has 0 aliphatic rings. The van der Waals surface area contributed by atoms with E-state index in [9.17, 15) is 4.79 Å². The van der Waals surface area contributed by atoms with Crippen molar-refractivity contribution in [2.24, 2.45) is 5.73 Å². The summed E-state index contributed by atoms with van der Waals surface area (Å²) in [4.78, 5) is 10.5. The smallest absolute Gasteiger partial charge is 0.346 e. The monoisotopic (exact) mass is 156 g/mol. The highest BCUT2D eigenvalue weighted by molar-refractivity contribution is 5.75. The molecule has 1 heterocycles. The average Bonchev–Trinajstić information content (AvgIpc) is 2.37. The van der Waals surface area contributed by atoms with Crippen LogP contribution in [0.5, 0.6) is 0 Å². The van der Waals surface area contributed by atoms with Gasteiger partial charge in [0.05, 0.1) is 6.20 Å². The molecule has 60 valence electrons. The van der Waals surface area contributed by atoms with Crippen LogP contribution in [-0.2, 0) is 10.5 Å². The van der Waals surface area contributed by atoms with Crippen LogP contribution in [0.15, 0.2) is 12.4 Å². The number of nitrogens with zero attached hydrogens (tertiary/aromatic N) is 3. The summed E-state index contributed by atoms with van der Waals surface area (Å²) in [6.45, 7) is 1.34. The van der Waals surface area contributed by atoms with Crippen molar-refractivity contribution in [3.8, 4) is 0 Å². The van der Waals surface area contributed by atoms with Crippen LogP contribution in [0.3, 0.4) is 0 Å². The van der Waals surface area contributed by atoms with Crippen LogP contribution in [0.2, 0.25) is 0 Å². The second kappa shape index (κ2) is 2.31. The maximum absolute atomic E-state index is 10.5. The van der Waals surface area contributed by atoms with Crippen molar-refractivity contribution in [2.75, 3.05) is 0 Å². The summed E-state index contributed by atoms with van der Waals surface area (Å²) in [5.41, 5.74) is 3.87. The molecule has 0 fully saturated rings. The topological polar surface area (TPSA) is 94.0 Å². The van der Waals surface area contributed by atoms with E-state index >= 15 is 0 Å². The second-order valence-electron chi connectivity index (χ2n) is 2.30. The average molecular weight is 156 g/mol. The van der Waals surface area contributed by atoms with Gasteiger partial charge < -0.3 is 5.11 Å². The number of aliphatic carboxylic acids is 1. The molecular formula is C5H8N4O2. The van der Waals surface area contributed by atoms with E-state index in [1.165, 1.54) is 19.3 Å². The first-order valence-electron chi connectivity index (χ1n) is 2.94. The molecule has 0 unspecified atom stereocenters. The highest BCUT2D eigenvalue weighted by atomic mass is 16.4. The number of hydrogen-bond acceptors (Lipinski definition) is 4. The molecule has 0 spiro atoms. The number of carboxylic acid groups (broad SMARTS) is 1. The van der Waals surface area contributed by atoms with Gasteiger partial charge in [-0.15, -0.1) is 5.10 Å².